The van der Waals surface area contributed by atoms with Crippen LogP contribution in [0.5, 0.6) is 5.75 Å². The molecule has 0 spiro atoms. The number of nitrogens with zero attached hydrogens (tertiary/aromatic N) is 2. The number of amides is 2. The molecule has 0 unspecified atom stereocenters. The fourth-order valence-corrected chi connectivity index (χ4v) is 4.65. The fraction of sp³-hybridized carbons (Fsp3) is 0.357. The maximum absolute atomic E-state index is 13.6. The molecule has 3 rings (SSSR count). The summed E-state index contributed by atoms with van der Waals surface area (Å²) in [6.07, 6.45) is 0.652. The summed E-state index contributed by atoms with van der Waals surface area (Å²) >= 11 is 1.65. The number of hydrogen-bond donors (Lipinski definition) is 0. The Morgan fingerprint density at radius 1 is 0.971 bits per heavy atom. The first kappa shape index (κ1) is 26.4. The fourth-order valence-electron chi connectivity index (χ4n) is 3.73. The van der Waals surface area contributed by atoms with Crippen molar-refractivity contribution in [1.29, 1.82) is 0 Å². The van der Waals surface area contributed by atoms with Crippen LogP contribution >= 0.6 is 11.3 Å². The second-order valence-electron chi connectivity index (χ2n) is 8.27. The lowest BCUT2D eigenvalue weighted by Gasteiger charge is -2.28. The average molecular weight is 495 g/mol. The molecule has 0 bridgehead atoms. The van der Waals surface area contributed by atoms with E-state index in [1.807, 2.05) is 47.5 Å². The molecular weight excluding hydrogens is 460 g/mol. The molecular formula is C28H34N2O4S. The molecule has 186 valence electrons. The van der Waals surface area contributed by atoms with Crippen LogP contribution in [0.15, 0.2) is 66.0 Å². The van der Waals surface area contributed by atoms with Crippen molar-refractivity contribution in [2.75, 3.05) is 33.4 Å². The minimum absolute atomic E-state index is 0.000571. The number of hydrogen-bond acceptors (Lipinski definition) is 5. The third-order valence-corrected chi connectivity index (χ3v) is 6.73. The van der Waals surface area contributed by atoms with Crippen molar-refractivity contribution in [3.63, 3.8) is 0 Å². The summed E-state index contributed by atoms with van der Waals surface area (Å²) in [4.78, 5) is 31.7. The third kappa shape index (κ3) is 7.94. The number of carbonyl (C=O) groups is 2. The van der Waals surface area contributed by atoms with Crippen LogP contribution in [0.2, 0.25) is 0 Å². The van der Waals surface area contributed by atoms with E-state index in [-0.39, 0.29) is 18.4 Å². The van der Waals surface area contributed by atoms with Gasteiger partial charge in [0.2, 0.25) is 5.91 Å². The number of benzene rings is 2. The van der Waals surface area contributed by atoms with E-state index in [0.717, 1.165) is 10.4 Å². The predicted octanol–water partition coefficient (Wildman–Crippen LogP) is 5.16. The minimum Gasteiger partial charge on any atom is -0.497 e. The Bertz CT molecular complexity index is 1080. The Hall–Kier alpha value is -3.16. The first-order chi connectivity index (χ1) is 17.0. The van der Waals surface area contributed by atoms with Gasteiger partial charge in [-0.15, -0.1) is 11.3 Å². The maximum atomic E-state index is 13.6. The van der Waals surface area contributed by atoms with Gasteiger partial charge in [0.15, 0.2) is 0 Å². The van der Waals surface area contributed by atoms with E-state index >= 15 is 0 Å². The molecule has 1 aromatic heterocycles. The van der Waals surface area contributed by atoms with Gasteiger partial charge in [0.05, 0.1) is 13.7 Å². The van der Waals surface area contributed by atoms with Crippen LogP contribution in [0.1, 0.15) is 39.7 Å². The van der Waals surface area contributed by atoms with Gasteiger partial charge in [-0.3, -0.25) is 9.59 Å². The summed E-state index contributed by atoms with van der Waals surface area (Å²) in [5.74, 6) is 0.324. The molecule has 0 N–H and O–H groups in total. The third-order valence-electron chi connectivity index (χ3n) is 5.72. The van der Waals surface area contributed by atoms with E-state index in [2.05, 4.69) is 13.0 Å². The number of rotatable bonds is 13. The van der Waals surface area contributed by atoms with Crippen molar-refractivity contribution < 1.29 is 19.1 Å². The van der Waals surface area contributed by atoms with E-state index in [4.69, 9.17) is 9.47 Å². The van der Waals surface area contributed by atoms with E-state index in [0.29, 0.717) is 50.6 Å². The first-order valence-corrected chi connectivity index (χ1v) is 12.8. The van der Waals surface area contributed by atoms with Gasteiger partial charge in [0, 0.05) is 36.7 Å². The summed E-state index contributed by atoms with van der Waals surface area (Å²) in [6.45, 7) is 6.58. The molecule has 7 heteroatoms. The smallest absolute Gasteiger partial charge is 0.254 e. The zero-order chi connectivity index (χ0) is 25.0. The molecule has 0 atom stereocenters. The summed E-state index contributed by atoms with van der Waals surface area (Å²) in [6, 6.07) is 19.1. The monoisotopic (exact) mass is 494 g/mol. The minimum atomic E-state index is -0.194. The van der Waals surface area contributed by atoms with Gasteiger partial charge in [-0.2, -0.15) is 0 Å². The summed E-state index contributed by atoms with van der Waals surface area (Å²) < 4.78 is 10.8. The molecule has 0 fully saturated rings. The van der Waals surface area contributed by atoms with E-state index < -0.39 is 0 Å². The van der Waals surface area contributed by atoms with Crippen LogP contribution in [-0.2, 0) is 22.6 Å². The SMILES string of the molecule is CCOCCCN(CC(=O)N(Cc1ccccc1)Cc1sccc1C)C(=O)c1cccc(OC)c1. The normalized spacial score (nSPS) is 10.7. The highest BCUT2D eigenvalue weighted by atomic mass is 32.1. The topological polar surface area (TPSA) is 59.1 Å². The lowest BCUT2D eigenvalue weighted by atomic mass is 10.1. The number of aryl methyl sites for hydroxylation is 1. The zero-order valence-electron chi connectivity index (χ0n) is 20.7. The van der Waals surface area contributed by atoms with Gasteiger partial charge >= 0.3 is 0 Å². The van der Waals surface area contributed by atoms with Gasteiger partial charge in [-0.1, -0.05) is 36.4 Å². The number of ether oxygens (including phenoxy) is 2. The van der Waals surface area contributed by atoms with E-state index in [1.165, 1.54) is 5.56 Å². The molecule has 1 heterocycles. The van der Waals surface area contributed by atoms with Crippen LogP contribution in [0.4, 0.5) is 0 Å². The van der Waals surface area contributed by atoms with Crippen LogP contribution in [0.3, 0.4) is 0 Å². The van der Waals surface area contributed by atoms with Crippen LogP contribution in [-0.4, -0.2) is 55.0 Å². The molecule has 0 radical (unpaired) electrons. The van der Waals surface area contributed by atoms with Crippen molar-refractivity contribution in [3.8, 4) is 5.75 Å². The number of thiophene rings is 1. The second kappa shape index (κ2) is 13.7. The van der Waals surface area contributed by atoms with Crippen LogP contribution in [0.25, 0.3) is 0 Å². The van der Waals surface area contributed by atoms with Crippen LogP contribution in [0, 0.1) is 6.92 Å². The molecule has 35 heavy (non-hydrogen) atoms. The van der Waals surface area contributed by atoms with Gasteiger partial charge in [0.1, 0.15) is 12.3 Å². The Morgan fingerprint density at radius 2 is 1.77 bits per heavy atom. The molecule has 2 aromatic carbocycles. The first-order valence-electron chi connectivity index (χ1n) is 11.9. The van der Waals surface area contributed by atoms with Crippen molar-refractivity contribution in [2.24, 2.45) is 0 Å². The van der Waals surface area contributed by atoms with Gasteiger partial charge < -0.3 is 19.3 Å². The Balaban J connectivity index is 1.81. The lowest BCUT2D eigenvalue weighted by Crippen LogP contribution is -2.43. The molecule has 0 saturated heterocycles. The highest BCUT2D eigenvalue weighted by Crippen LogP contribution is 2.20. The predicted molar refractivity (Wildman–Crippen MR) is 140 cm³/mol. The highest BCUT2D eigenvalue weighted by Gasteiger charge is 2.23. The zero-order valence-corrected chi connectivity index (χ0v) is 21.6. The molecule has 0 aliphatic carbocycles. The molecule has 0 aliphatic rings. The Labute approximate surface area is 212 Å². The summed E-state index contributed by atoms with van der Waals surface area (Å²) in [7, 11) is 1.57. The highest BCUT2D eigenvalue weighted by molar-refractivity contribution is 7.10. The molecule has 2 amide bonds. The average Bonchev–Trinajstić information content (AvgIpc) is 3.29. The van der Waals surface area contributed by atoms with E-state index in [9.17, 15) is 9.59 Å². The van der Waals surface area contributed by atoms with Crippen molar-refractivity contribution in [3.05, 3.63) is 87.6 Å². The molecule has 0 aliphatic heterocycles. The van der Waals surface area contributed by atoms with Gasteiger partial charge in [-0.05, 0) is 61.0 Å². The van der Waals surface area contributed by atoms with Crippen molar-refractivity contribution >= 4 is 23.2 Å². The standard InChI is InChI=1S/C28H34N2O4S/c1-4-34-16-9-15-29(28(32)24-12-8-13-25(18-24)33-3)21-27(31)30(19-23-10-6-5-7-11-23)20-26-22(2)14-17-35-26/h5-8,10-14,17-18H,4,9,15-16,19-21H2,1-3H3. The number of methoxy groups -OCH3 is 1. The van der Waals surface area contributed by atoms with Gasteiger partial charge in [0.25, 0.3) is 5.91 Å². The Kier molecular flexibility index (Phi) is 10.3. The quantitative estimate of drug-likeness (QED) is 0.308. The van der Waals surface area contributed by atoms with Crippen LogP contribution < -0.4 is 4.74 Å². The van der Waals surface area contributed by atoms with Crippen molar-refractivity contribution in [1.82, 2.24) is 9.80 Å². The summed E-state index contributed by atoms with van der Waals surface area (Å²) in [5.41, 5.74) is 2.72. The molecule has 3 aromatic rings. The molecule has 6 nitrogen and oxygen atoms in total. The number of carbonyl (C=O) groups excluding carboxylic acids is 2. The lowest BCUT2D eigenvalue weighted by molar-refractivity contribution is -0.133. The summed E-state index contributed by atoms with van der Waals surface area (Å²) in [5, 5.41) is 2.04. The van der Waals surface area contributed by atoms with Gasteiger partial charge in [-0.25, -0.2) is 0 Å². The largest absolute Gasteiger partial charge is 0.497 e. The Morgan fingerprint density at radius 3 is 2.46 bits per heavy atom. The second-order valence-corrected chi connectivity index (χ2v) is 9.27. The maximum Gasteiger partial charge on any atom is 0.254 e. The van der Waals surface area contributed by atoms with E-state index in [1.54, 1.807) is 47.6 Å². The molecule has 0 saturated carbocycles. The van der Waals surface area contributed by atoms with Crippen molar-refractivity contribution in [2.45, 2.75) is 33.4 Å².